The zero-order valence-electron chi connectivity index (χ0n) is 17.0. The average Bonchev–Trinajstić information content (AvgIpc) is 3.39. The molecule has 4 aromatic rings. The molecule has 5 rings (SSSR count). The highest BCUT2D eigenvalue weighted by Crippen LogP contribution is 2.32. The van der Waals surface area contributed by atoms with E-state index in [0.717, 1.165) is 17.7 Å². The number of hydrogen-bond donors (Lipinski definition) is 1. The van der Waals surface area contributed by atoms with Crippen molar-refractivity contribution in [3.05, 3.63) is 60.7 Å². The zero-order valence-corrected chi connectivity index (χ0v) is 18.6. The van der Waals surface area contributed by atoms with Crippen LogP contribution < -0.4 is 5.32 Å². The third-order valence-electron chi connectivity index (χ3n) is 5.54. The van der Waals surface area contributed by atoms with Crippen molar-refractivity contribution in [1.82, 2.24) is 29.5 Å². The Morgan fingerprint density at radius 2 is 1.85 bits per heavy atom. The first-order chi connectivity index (χ1) is 14.9. The van der Waals surface area contributed by atoms with E-state index < -0.39 is 11.7 Å². The monoisotopic (exact) mass is 495 g/mol. The molecule has 0 bridgehead atoms. The highest BCUT2D eigenvalue weighted by Gasteiger charge is 2.39. The average molecular weight is 496 g/mol. The Labute approximate surface area is 199 Å². The first-order valence-electron chi connectivity index (χ1n) is 9.55. The number of nitrogens with zero attached hydrogens (tertiary/aromatic N) is 6. The van der Waals surface area contributed by atoms with E-state index in [0.29, 0.717) is 42.2 Å². The van der Waals surface area contributed by atoms with E-state index in [1.54, 1.807) is 33.7 Å². The summed E-state index contributed by atoms with van der Waals surface area (Å²) in [6.45, 7) is 1.31. The van der Waals surface area contributed by atoms with Gasteiger partial charge in [-0.05, 0) is 12.1 Å². The maximum absolute atomic E-state index is 12.9. The van der Waals surface area contributed by atoms with Crippen molar-refractivity contribution >= 4 is 30.5 Å². The number of nitriles is 1. The molecule has 0 unspecified atom stereocenters. The number of nitrogens with one attached hydrogen (secondary N) is 1. The molecule has 0 aliphatic carbocycles. The number of aromatic nitrogens is 5. The van der Waals surface area contributed by atoms with Crippen LogP contribution in [0.3, 0.4) is 0 Å². The largest absolute Gasteiger partial charge is 0.416 e. The van der Waals surface area contributed by atoms with Crippen LogP contribution in [0.1, 0.15) is 12.0 Å². The van der Waals surface area contributed by atoms with Crippen molar-refractivity contribution in [3.63, 3.8) is 0 Å². The number of halogens is 5. The third kappa shape index (κ3) is 4.27. The Morgan fingerprint density at radius 3 is 2.45 bits per heavy atom. The molecule has 1 aliphatic rings. The van der Waals surface area contributed by atoms with Crippen molar-refractivity contribution in [2.75, 3.05) is 13.1 Å². The second kappa shape index (κ2) is 9.02. The quantitative estimate of drug-likeness (QED) is 0.455. The number of benzene rings is 1. The van der Waals surface area contributed by atoms with Gasteiger partial charge in [-0.15, -0.1) is 24.8 Å². The maximum Gasteiger partial charge on any atom is 0.416 e. The lowest BCUT2D eigenvalue weighted by Gasteiger charge is -2.41. The van der Waals surface area contributed by atoms with Gasteiger partial charge in [0.15, 0.2) is 0 Å². The summed E-state index contributed by atoms with van der Waals surface area (Å²) in [4.78, 5) is 9.02. The van der Waals surface area contributed by atoms with Gasteiger partial charge in [0.05, 0.1) is 35.5 Å². The highest BCUT2D eigenvalue weighted by molar-refractivity contribution is 5.85. The normalized spacial score (nSPS) is 14.6. The van der Waals surface area contributed by atoms with Crippen molar-refractivity contribution in [1.29, 1.82) is 5.26 Å². The number of fused-ring (bicyclic) bond motifs is 1. The van der Waals surface area contributed by atoms with Crippen LogP contribution in [0.2, 0.25) is 0 Å². The molecule has 0 saturated carbocycles. The first kappa shape index (κ1) is 24.5. The summed E-state index contributed by atoms with van der Waals surface area (Å²) in [6, 6.07) is 8.83. The minimum Gasteiger partial charge on any atom is -0.312 e. The van der Waals surface area contributed by atoms with Gasteiger partial charge in [-0.25, -0.2) is 9.97 Å². The molecule has 7 nitrogen and oxygen atoms in total. The number of rotatable bonds is 4. The second-order valence-electron chi connectivity index (χ2n) is 7.53. The van der Waals surface area contributed by atoms with E-state index in [1.165, 1.54) is 12.1 Å². The van der Waals surface area contributed by atoms with Gasteiger partial charge in [0.25, 0.3) is 0 Å². The third-order valence-corrected chi connectivity index (χ3v) is 5.54. The number of alkyl halides is 3. The molecular weight excluding hydrogens is 478 g/mol. The van der Waals surface area contributed by atoms with E-state index in [1.807, 2.05) is 6.20 Å². The molecule has 1 aromatic carbocycles. The van der Waals surface area contributed by atoms with Gasteiger partial charge in [-0.1, -0.05) is 12.1 Å². The Balaban J connectivity index is 0.00000153. The van der Waals surface area contributed by atoms with Crippen molar-refractivity contribution < 1.29 is 13.2 Å². The van der Waals surface area contributed by atoms with E-state index >= 15 is 0 Å². The molecule has 12 heteroatoms. The predicted molar refractivity (Wildman–Crippen MR) is 120 cm³/mol. The molecule has 1 aliphatic heterocycles. The Bertz CT molecular complexity index is 1300. The van der Waals surface area contributed by atoms with E-state index in [2.05, 4.69) is 21.5 Å². The van der Waals surface area contributed by atoms with Crippen LogP contribution in [0.15, 0.2) is 55.1 Å². The van der Waals surface area contributed by atoms with Crippen LogP contribution in [-0.2, 0) is 11.7 Å². The number of imidazole rings is 1. The van der Waals surface area contributed by atoms with Crippen LogP contribution in [0.5, 0.6) is 0 Å². The molecule has 0 radical (unpaired) electrons. The Morgan fingerprint density at radius 1 is 1.12 bits per heavy atom. The van der Waals surface area contributed by atoms with Gasteiger partial charge in [0, 0.05) is 43.3 Å². The van der Waals surface area contributed by atoms with Gasteiger partial charge in [0.1, 0.15) is 17.0 Å². The summed E-state index contributed by atoms with van der Waals surface area (Å²) in [6.07, 6.45) is 2.86. The first-order valence-corrected chi connectivity index (χ1v) is 9.55. The van der Waals surface area contributed by atoms with Crippen LogP contribution in [0.25, 0.3) is 28.3 Å². The summed E-state index contributed by atoms with van der Waals surface area (Å²) in [7, 11) is 0. The summed E-state index contributed by atoms with van der Waals surface area (Å²) >= 11 is 0. The molecule has 1 fully saturated rings. The van der Waals surface area contributed by atoms with Gasteiger partial charge >= 0.3 is 6.18 Å². The molecular formula is C21H18Cl2F3N7. The van der Waals surface area contributed by atoms with Gasteiger partial charge in [-0.3, -0.25) is 9.08 Å². The van der Waals surface area contributed by atoms with Crippen LogP contribution in [0.4, 0.5) is 13.2 Å². The molecule has 33 heavy (non-hydrogen) atoms. The standard InChI is InChI=1S/C21H16F3N7.2ClH/c22-21(23,24)16-3-1-14(2-4-16)17-9-18-27-7-8-30(18)19(29-17)15-10-28-31(11-15)20(5-6-25)12-26-13-20;;/h1-4,7-11,26H,5,12-13H2;2*1H. The SMILES string of the molecule is Cl.Cl.N#CCC1(n2cc(-c3nc(-c4ccc(C(F)(F)F)cc4)cc4nccn34)cn2)CNC1. The Hall–Kier alpha value is -3.13. The molecule has 4 heterocycles. The fourth-order valence-corrected chi connectivity index (χ4v) is 3.73. The molecule has 3 aromatic heterocycles. The van der Waals surface area contributed by atoms with E-state index in [9.17, 15) is 18.4 Å². The molecule has 1 N–H and O–H groups in total. The summed E-state index contributed by atoms with van der Waals surface area (Å²) in [5.74, 6) is 0.565. The minimum atomic E-state index is -4.39. The van der Waals surface area contributed by atoms with Crippen LogP contribution in [-0.4, -0.2) is 37.2 Å². The van der Waals surface area contributed by atoms with E-state index in [4.69, 9.17) is 4.98 Å². The lowest BCUT2D eigenvalue weighted by molar-refractivity contribution is -0.137. The highest BCUT2D eigenvalue weighted by atomic mass is 35.5. The lowest BCUT2D eigenvalue weighted by atomic mass is 9.89. The predicted octanol–water partition coefficient (Wildman–Crippen LogP) is 4.33. The van der Waals surface area contributed by atoms with Crippen molar-refractivity contribution in [2.45, 2.75) is 18.1 Å². The summed E-state index contributed by atoms with van der Waals surface area (Å²) < 4.78 is 42.3. The second-order valence-corrected chi connectivity index (χ2v) is 7.53. The molecule has 172 valence electrons. The molecule has 0 spiro atoms. The van der Waals surface area contributed by atoms with Crippen LogP contribution in [0, 0.1) is 11.3 Å². The van der Waals surface area contributed by atoms with Crippen molar-refractivity contribution in [2.24, 2.45) is 0 Å². The smallest absolute Gasteiger partial charge is 0.312 e. The van der Waals surface area contributed by atoms with E-state index in [-0.39, 0.29) is 30.4 Å². The molecule has 0 amide bonds. The zero-order chi connectivity index (χ0) is 21.6. The Kier molecular flexibility index (Phi) is 6.70. The fourth-order valence-electron chi connectivity index (χ4n) is 3.73. The lowest BCUT2D eigenvalue weighted by Crippen LogP contribution is -2.60. The molecule has 1 saturated heterocycles. The fraction of sp³-hybridized carbons (Fsp3) is 0.238. The topological polar surface area (TPSA) is 83.8 Å². The van der Waals surface area contributed by atoms with Gasteiger partial charge in [-0.2, -0.15) is 23.5 Å². The summed E-state index contributed by atoms with van der Waals surface area (Å²) in [5, 5.41) is 16.8. The molecule has 0 atom stereocenters. The van der Waals surface area contributed by atoms with Gasteiger partial charge in [0.2, 0.25) is 0 Å². The summed E-state index contributed by atoms with van der Waals surface area (Å²) in [5.41, 5.74) is 1.30. The minimum absolute atomic E-state index is 0. The van der Waals surface area contributed by atoms with Gasteiger partial charge < -0.3 is 5.32 Å². The van der Waals surface area contributed by atoms with Crippen LogP contribution >= 0.6 is 24.8 Å². The maximum atomic E-state index is 12.9. The van der Waals surface area contributed by atoms with Crippen molar-refractivity contribution in [3.8, 4) is 28.7 Å². The number of hydrogen-bond acceptors (Lipinski definition) is 5.